The lowest BCUT2D eigenvalue weighted by Gasteiger charge is -2.07. The Balaban J connectivity index is 2.26. The van der Waals surface area contributed by atoms with Gasteiger partial charge in [-0.25, -0.2) is 9.59 Å². The van der Waals surface area contributed by atoms with Gasteiger partial charge in [0.1, 0.15) is 19.0 Å². The number of carbonyl (C=O) groups is 3. The molecule has 114 valence electrons. The number of imide groups is 1. The topological polar surface area (TPSA) is 114 Å². The van der Waals surface area contributed by atoms with E-state index in [-0.39, 0.29) is 6.54 Å². The molecule has 8 nitrogen and oxygen atoms in total. The van der Waals surface area contributed by atoms with E-state index in [2.05, 4.69) is 10.1 Å². The third-order valence-corrected chi connectivity index (χ3v) is 2.32. The molecule has 8 heteroatoms. The second-order valence-corrected chi connectivity index (χ2v) is 3.97. The van der Waals surface area contributed by atoms with Gasteiger partial charge in [0.15, 0.2) is 0 Å². The predicted molar refractivity (Wildman–Crippen MR) is 71.8 cm³/mol. The number of amides is 3. The van der Waals surface area contributed by atoms with Crippen LogP contribution >= 0.6 is 0 Å². The molecule has 0 saturated carbocycles. The van der Waals surface area contributed by atoms with E-state index in [1.807, 2.05) is 5.32 Å². The summed E-state index contributed by atoms with van der Waals surface area (Å²) in [6.45, 7) is -0.859. The van der Waals surface area contributed by atoms with Gasteiger partial charge in [-0.2, -0.15) is 0 Å². The quantitative estimate of drug-likeness (QED) is 0.658. The van der Waals surface area contributed by atoms with Crippen molar-refractivity contribution >= 4 is 17.9 Å². The van der Waals surface area contributed by atoms with Gasteiger partial charge >= 0.3 is 12.0 Å². The summed E-state index contributed by atoms with van der Waals surface area (Å²) in [4.78, 5) is 32.8. The molecule has 3 N–H and O–H groups in total. The third kappa shape index (κ3) is 6.92. The van der Waals surface area contributed by atoms with Crippen LogP contribution in [0.3, 0.4) is 0 Å². The number of hydrogen-bond acceptors (Lipinski definition) is 5. The maximum absolute atomic E-state index is 11.4. The summed E-state index contributed by atoms with van der Waals surface area (Å²) in [6.07, 6.45) is 0. The monoisotopic (exact) mass is 296 g/mol. The van der Waals surface area contributed by atoms with Gasteiger partial charge in [-0.1, -0.05) is 12.1 Å². The lowest BCUT2D eigenvalue weighted by molar-refractivity contribution is -0.143. The zero-order valence-corrected chi connectivity index (χ0v) is 11.4. The summed E-state index contributed by atoms with van der Waals surface area (Å²) in [6, 6.07) is 6.36. The number of rotatable bonds is 7. The summed E-state index contributed by atoms with van der Waals surface area (Å²) in [5, 5.41) is 12.8. The summed E-state index contributed by atoms with van der Waals surface area (Å²) in [5.74, 6) is -1.20. The highest BCUT2D eigenvalue weighted by Crippen LogP contribution is 2.10. The Labute approximate surface area is 121 Å². The van der Waals surface area contributed by atoms with E-state index in [0.29, 0.717) is 5.75 Å². The predicted octanol–water partition coefficient (Wildman–Crippen LogP) is 0.122. The number of urea groups is 1. The van der Waals surface area contributed by atoms with Crippen LogP contribution in [0.15, 0.2) is 24.3 Å². The largest absolute Gasteiger partial charge is 0.497 e. The number of methoxy groups -OCH3 is 1. The van der Waals surface area contributed by atoms with E-state index < -0.39 is 31.1 Å². The molecule has 0 heterocycles. The molecule has 0 bridgehead atoms. The first-order valence-electron chi connectivity index (χ1n) is 6.01. The van der Waals surface area contributed by atoms with Gasteiger partial charge in [0.05, 0.1) is 7.11 Å². The Morgan fingerprint density at radius 3 is 2.38 bits per heavy atom. The number of hydrogen-bond donors (Lipinski definition) is 3. The van der Waals surface area contributed by atoms with Crippen LogP contribution < -0.4 is 15.4 Å². The molecule has 0 aromatic heterocycles. The molecule has 0 atom stereocenters. The minimum Gasteiger partial charge on any atom is -0.497 e. The van der Waals surface area contributed by atoms with E-state index >= 15 is 0 Å². The van der Waals surface area contributed by atoms with Crippen LogP contribution in [0.2, 0.25) is 0 Å². The van der Waals surface area contributed by atoms with Crippen LogP contribution in [0.25, 0.3) is 0 Å². The molecule has 1 rings (SSSR count). The molecule has 1 aromatic rings. The molecule has 21 heavy (non-hydrogen) atoms. The van der Waals surface area contributed by atoms with E-state index in [9.17, 15) is 14.4 Å². The van der Waals surface area contributed by atoms with Gasteiger partial charge in [-0.05, 0) is 17.7 Å². The number of ether oxygens (including phenoxy) is 2. The van der Waals surface area contributed by atoms with Crippen molar-refractivity contribution < 1.29 is 29.0 Å². The molecule has 0 fully saturated rings. The maximum Gasteiger partial charge on any atom is 0.329 e. The van der Waals surface area contributed by atoms with Crippen LogP contribution in [0, 0.1) is 0 Å². The summed E-state index contributed by atoms with van der Waals surface area (Å²) in [7, 11) is 1.55. The zero-order chi connectivity index (χ0) is 15.7. The fourth-order valence-electron chi connectivity index (χ4n) is 1.36. The van der Waals surface area contributed by atoms with Crippen LogP contribution in [0.4, 0.5) is 4.79 Å². The van der Waals surface area contributed by atoms with Crippen molar-refractivity contribution in [2.24, 2.45) is 0 Å². The van der Waals surface area contributed by atoms with Crippen molar-refractivity contribution in [2.75, 3.05) is 20.3 Å². The van der Waals surface area contributed by atoms with E-state index in [1.54, 1.807) is 31.4 Å². The summed E-state index contributed by atoms with van der Waals surface area (Å²) in [5.41, 5.74) is 0.834. The van der Waals surface area contributed by atoms with Gasteiger partial charge in [-0.15, -0.1) is 0 Å². The van der Waals surface area contributed by atoms with Crippen LogP contribution in [0.5, 0.6) is 5.75 Å². The van der Waals surface area contributed by atoms with Gasteiger partial charge in [-0.3, -0.25) is 10.1 Å². The number of carboxylic acid groups (broad SMARTS) is 1. The Hall–Kier alpha value is -2.61. The van der Waals surface area contributed by atoms with Crippen LogP contribution in [0.1, 0.15) is 5.56 Å². The first-order valence-corrected chi connectivity index (χ1v) is 6.01. The van der Waals surface area contributed by atoms with Crippen molar-refractivity contribution in [3.63, 3.8) is 0 Å². The number of benzene rings is 1. The number of aliphatic carboxylic acids is 1. The first-order chi connectivity index (χ1) is 10.0. The minimum absolute atomic E-state index is 0.235. The SMILES string of the molecule is COc1ccc(CNC(=O)NC(=O)COCC(=O)O)cc1. The molecule has 0 aliphatic rings. The number of carboxylic acids is 1. The van der Waals surface area contributed by atoms with Crippen molar-refractivity contribution in [1.82, 2.24) is 10.6 Å². The summed E-state index contributed by atoms with van der Waals surface area (Å²) >= 11 is 0. The van der Waals surface area contributed by atoms with Gasteiger partial charge in [0, 0.05) is 6.54 Å². The lowest BCUT2D eigenvalue weighted by Crippen LogP contribution is -2.41. The van der Waals surface area contributed by atoms with Crippen molar-refractivity contribution in [1.29, 1.82) is 0 Å². The molecule has 0 aliphatic carbocycles. The maximum atomic E-state index is 11.4. The van der Waals surface area contributed by atoms with Crippen LogP contribution in [-0.2, 0) is 20.9 Å². The van der Waals surface area contributed by atoms with Gasteiger partial charge in [0.2, 0.25) is 0 Å². The average Bonchev–Trinajstić information content (AvgIpc) is 2.45. The zero-order valence-electron chi connectivity index (χ0n) is 11.4. The first kappa shape index (κ1) is 16.4. The second-order valence-electron chi connectivity index (χ2n) is 3.97. The van der Waals surface area contributed by atoms with Crippen molar-refractivity contribution in [2.45, 2.75) is 6.54 Å². The highest BCUT2D eigenvalue weighted by atomic mass is 16.5. The second kappa shape index (κ2) is 8.54. The fourth-order valence-corrected chi connectivity index (χ4v) is 1.36. The number of carbonyl (C=O) groups excluding carboxylic acids is 2. The Morgan fingerprint density at radius 2 is 1.81 bits per heavy atom. The summed E-state index contributed by atoms with van der Waals surface area (Å²) < 4.78 is 9.54. The Kier molecular flexibility index (Phi) is 6.69. The highest BCUT2D eigenvalue weighted by molar-refractivity contribution is 5.94. The molecule has 3 amide bonds. The van der Waals surface area contributed by atoms with Crippen LogP contribution in [-0.4, -0.2) is 43.3 Å². The normalized spacial score (nSPS) is 9.76. The van der Waals surface area contributed by atoms with E-state index in [1.165, 1.54) is 0 Å². The Morgan fingerprint density at radius 1 is 1.14 bits per heavy atom. The smallest absolute Gasteiger partial charge is 0.329 e. The molecule has 0 unspecified atom stereocenters. The molecule has 0 spiro atoms. The molecule has 1 aromatic carbocycles. The minimum atomic E-state index is -1.19. The third-order valence-electron chi connectivity index (χ3n) is 2.32. The highest BCUT2D eigenvalue weighted by Gasteiger charge is 2.08. The van der Waals surface area contributed by atoms with Gasteiger partial charge in [0.25, 0.3) is 5.91 Å². The van der Waals surface area contributed by atoms with E-state index in [4.69, 9.17) is 9.84 Å². The molecule has 0 aliphatic heterocycles. The molecule has 0 saturated heterocycles. The molecular weight excluding hydrogens is 280 g/mol. The average molecular weight is 296 g/mol. The number of nitrogens with one attached hydrogen (secondary N) is 2. The Bertz CT molecular complexity index is 500. The molecular formula is C13H16N2O6. The standard InChI is InChI=1S/C13H16N2O6/c1-20-10-4-2-9(3-5-10)6-14-13(19)15-11(16)7-21-8-12(17)18/h2-5H,6-8H2,1H3,(H,17,18)(H2,14,15,16,19). The van der Waals surface area contributed by atoms with Crippen molar-refractivity contribution in [3.05, 3.63) is 29.8 Å². The van der Waals surface area contributed by atoms with E-state index in [0.717, 1.165) is 5.56 Å². The fraction of sp³-hybridized carbons (Fsp3) is 0.308. The molecule has 0 radical (unpaired) electrons. The van der Waals surface area contributed by atoms with Gasteiger partial charge < -0.3 is 19.9 Å². The lowest BCUT2D eigenvalue weighted by atomic mass is 10.2. The van der Waals surface area contributed by atoms with Crippen molar-refractivity contribution in [3.8, 4) is 5.75 Å².